The van der Waals surface area contributed by atoms with Crippen molar-refractivity contribution in [2.45, 2.75) is 63.4 Å². The summed E-state index contributed by atoms with van der Waals surface area (Å²) in [6.45, 7) is 4.52. The molecule has 3 aliphatic rings. The SMILES string of the molecule is CN=C(NCC1(O)CCCCC1)N1CCCC2(CCCOC2)C1.I. The standard InChI is InChI=1S/C18H33N3O2.HI/c1-19-16(20-13-18(22)9-3-2-4-10-18)21-11-5-7-17(14-21)8-6-12-23-15-17;/h22H,2-15H2,1H3,(H,19,20);1H. The summed E-state index contributed by atoms with van der Waals surface area (Å²) < 4.78 is 5.77. The molecule has 3 rings (SSSR count). The first kappa shape index (κ1) is 20.2. The minimum absolute atomic E-state index is 0. The first-order valence-electron chi connectivity index (χ1n) is 9.41. The third kappa shape index (κ3) is 4.97. The maximum atomic E-state index is 10.7. The van der Waals surface area contributed by atoms with Crippen molar-refractivity contribution in [3.63, 3.8) is 0 Å². The summed E-state index contributed by atoms with van der Waals surface area (Å²) in [6.07, 6.45) is 10.3. The second-order valence-electron chi connectivity index (χ2n) is 7.87. The number of aliphatic imine (C=N–C) groups is 1. The summed E-state index contributed by atoms with van der Waals surface area (Å²) in [4.78, 5) is 6.86. The molecule has 2 aliphatic heterocycles. The average Bonchev–Trinajstić information content (AvgIpc) is 2.57. The highest BCUT2D eigenvalue weighted by molar-refractivity contribution is 14.0. The molecule has 0 aromatic carbocycles. The van der Waals surface area contributed by atoms with E-state index in [1.165, 1.54) is 32.1 Å². The normalized spacial score (nSPS) is 30.8. The van der Waals surface area contributed by atoms with Crippen LogP contribution < -0.4 is 5.32 Å². The number of likely N-dealkylation sites (tertiary alicyclic amines) is 1. The van der Waals surface area contributed by atoms with Crippen molar-refractivity contribution in [1.82, 2.24) is 10.2 Å². The second kappa shape index (κ2) is 9.03. The van der Waals surface area contributed by atoms with Crippen LogP contribution in [0.4, 0.5) is 0 Å². The molecule has 1 aliphatic carbocycles. The summed E-state index contributed by atoms with van der Waals surface area (Å²) in [5, 5.41) is 14.2. The van der Waals surface area contributed by atoms with Gasteiger partial charge in [-0.05, 0) is 38.5 Å². The fourth-order valence-corrected chi connectivity index (χ4v) is 4.58. The molecule has 6 heteroatoms. The minimum Gasteiger partial charge on any atom is -0.388 e. The molecule has 1 atom stereocenters. The predicted molar refractivity (Wildman–Crippen MR) is 108 cm³/mol. The molecule has 0 radical (unpaired) electrons. The Morgan fingerprint density at radius 1 is 1.12 bits per heavy atom. The van der Waals surface area contributed by atoms with Gasteiger partial charge in [0.1, 0.15) is 0 Å². The summed E-state index contributed by atoms with van der Waals surface area (Å²) in [5.41, 5.74) is -0.231. The third-order valence-corrected chi connectivity index (χ3v) is 5.94. The Bertz CT molecular complexity index is 413. The number of hydrogen-bond acceptors (Lipinski definition) is 3. The van der Waals surface area contributed by atoms with Gasteiger partial charge < -0.3 is 20.1 Å². The van der Waals surface area contributed by atoms with Crippen LogP contribution in [0.25, 0.3) is 0 Å². The van der Waals surface area contributed by atoms with Crippen molar-refractivity contribution in [3.05, 3.63) is 0 Å². The van der Waals surface area contributed by atoms with Crippen LogP contribution in [-0.4, -0.2) is 61.5 Å². The van der Waals surface area contributed by atoms with Gasteiger partial charge in [-0.3, -0.25) is 4.99 Å². The number of nitrogens with one attached hydrogen (secondary N) is 1. The van der Waals surface area contributed by atoms with E-state index in [2.05, 4.69) is 15.2 Å². The van der Waals surface area contributed by atoms with E-state index in [-0.39, 0.29) is 24.0 Å². The van der Waals surface area contributed by atoms with Crippen molar-refractivity contribution < 1.29 is 9.84 Å². The number of rotatable bonds is 2. The predicted octanol–water partition coefficient (Wildman–Crippen LogP) is 2.77. The van der Waals surface area contributed by atoms with E-state index < -0.39 is 5.60 Å². The topological polar surface area (TPSA) is 57.1 Å². The van der Waals surface area contributed by atoms with Gasteiger partial charge >= 0.3 is 0 Å². The molecule has 2 N–H and O–H groups in total. The van der Waals surface area contributed by atoms with E-state index in [1.54, 1.807) is 0 Å². The molecule has 0 amide bonds. The van der Waals surface area contributed by atoms with E-state index in [1.807, 2.05) is 7.05 Å². The molecule has 0 aromatic rings. The van der Waals surface area contributed by atoms with Gasteiger partial charge in [0.25, 0.3) is 0 Å². The van der Waals surface area contributed by atoms with E-state index in [0.717, 1.165) is 57.9 Å². The van der Waals surface area contributed by atoms with Crippen molar-refractivity contribution >= 4 is 29.9 Å². The molecule has 1 spiro atoms. The van der Waals surface area contributed by atoms with Crippen LogP contribution in [-0.2, 0) is 4.74 Å². The quantitative estimate of drug-likeness (QED) is 0.385. The van der Waals surface area contributed by atoms with Crippen molar-refractivity contribution in [2.75, 3.05) is 39.9 Å². The minimum atomic E-state index is -0.546. The van der Waals surface area contributed by atoms with Crippen LogP contribution in [0.1, 0.15) is 57.8 Å². The number of ether oxygens (including phenoxy) is 1. The zero-order chi connectivity index (χ0) is 16.2. The van der Waals surface area contributed by atoms with Gasteiger partial charge in [-0.15, -0.1) is 24.0 Å². The summed E-state index contributed by atoms with van der Waals surface area (Å²) in [6, 6.07) is 0. The Morgan fingerprint density at radius 3 is 2.54 bits per heavy atom. The maximum Gasteiger partial charge on any atom is 0.193 e. The third-order valence-electron chi connectivity index (χ3n) is 5.94. The van der Waals surface area contributed by atoms with Gasteiger partial charge in [-0.1, -0.05) is 19.3 Å². The lowest BCUT2D eigenvalue weighted by Gasteiger charge is -2.46. The highest BCUT2D eigenvalue weighted by atomic mass is 127. The Balaban J connectivity index is 0.00000208. The van der Waals surface area contributed by atoms with Crippen LogP contribution >= 0.6 is 24.0 Å². The Morgan fingerprint density at radius 2 is 1.88 bits per heavy atom. The fourth-order valence-electron chi connectivity index (χ4n) is 4.58. The molecular weight excluding hydrogens is 417 g/mol. The average molecular weight is 451 g/mol. The Kier molecular flexibility index (Phi) is 7.61. The Hall–Kier alpha value is -0.0800. The first-order chi connectivity index (χ1) is 11.1. The molecule has 1 saturated carbocycles. The zero-order valence-electron chi connectivity index (χ0n) is 15.1. The number of guanidine groups is 1. The van der Waals surface area contributed by atoms with Crippen molar-refractivity contribution in [2.24, 2.45) is 10.4 Å². The van der Waals surface area contributed by atoms with Gasteiger partial charge in [0.2, 0.25) is 0 Å². The van der Waals surface area contributed by atoms with Crippen LogP contribution in [0, 0.1) is 5.41 Å². The van der Waals surface area contributed by atoms with E-state index in [9.17, 15) is 5.11 Å². The second-order valence-corrected chi connectivity index (χ2v) is 7.87. The summed E-state index contributed by atoms with van der Waals surface area (Å²) in [5.74, 6) is 0.952. The molecule has 3 fully saturated rings. The lowest BCUT2D eigenvalue weighted by atomic mass is 9.76. The highest BCUT2D eigenvalue weighted by Gasteiger charge is 2.38. The molecule has 5 nitrogen and oxygen atoms in total. The Labute approximate surface area is 163 Å². The van der Waals surface area contributed by atoms with Crippen LogP contribution in [0.3, 0.4) is 0 Å². The highest BCUT2D eigenvalue weighted by Crippen LogP contribution is 2.37. The van der Waals surface area contributed by atoms with Crippen molar-refractivity contribution in [3.8, 4) is 0 Å². The zero-order valence-corrected chi connectivity index (χ0v) is 17.4. The molecule has 2 saturated heterocycles. The van der Waals surface area contributed by atoms with Crippen LogP contribution in [0.15, 0.2) is 4.99 Å². The van der Waals surface area contributed by atoms with Crippen molar-refractivity contribution in [1.29, 1.82) is 0 Å². The molecule has 1 unspecified atom stereocenters. The van der Waals surface area contributed by atoms with Gasteiger partial charge in [-0.25, -0.2) is 0 Å². The van der Waals surface area contributed by atoms with Gasteiger partial charge in [0, 0.05) is 38.7 Å². The van der Waals surface area contributed by atoms with E-state index in [0.29, 0.717) is 12.0 Å². The number of aliphatic hydroxyl groups is 1. The lowest BCUT2D eigenvalue weighted by molar-refractivity contribution is -0.0376. The molecular formula is C18H34IN3O2. The van der Waals surface area contributed by atoms with Gasteiger partial charge in [0.05, 0.1) is 12.2 Å². The molecule has 24 heavy (non-hydrogen) atoms. The number of piperidine rings is 1. The molecule has 2 heterocycles. The van der Waals surface area contributed by atoms with Crippen LogP contribution in [0.5, 0.6) is 0 Å². The molecule has 0 aromatic heterocycles. The number of halogens is 1. The van der Waals surface area contributed by atoms with E-state index >= 15 is 0 Å². The largest absolute Gasteiger partial charge is 0.388 e. The fraction of sp³-hybridized carbons (Fsp3) is 0.944. The lowest BCUT2D eigenvalue weighted by Crippen LogP contribution is -2.55. The smallest absolute Gasteiger partial charge is 0.193 e. The molecule has 140 valence electrons. The number of hydrogen-bond donors (Lipinski definition) is 2. The monoisotopic (exact) mass is 451 g/mol. The molecule has 0 bridgehead atoms. The maximum absolute atomic E-state index is 10.7. The van der Waals surface area contributed by atoms with Gasteiger partial charge in [0.15, 0.2) is 5.96 Å². The summed E-state index contributed by atoms with van der Waals surface area (Å²) in [7, 11) is 1.85. The van der Waals surface area contributed by atoms with Crippen LogP contribution in [0.2, 0.25) is 0 Å². The first-order valence-corrected chi connectivity index (χ1v) is 9.41. The van der Waals surface area contributed by atoms with Gasteiger partial charge in [-0.2, -0.15) is 0 Å². The summed E-state index contributed by atoms with van der Waals surface area (Å²) >= 11 is 0. The van der Waals surface area contributed by atoms with E-state index in [4.69, 9.17) is 4.74 Å². The number of nitrogens with zero attached hydrogens (tertiary/aromatic N) is 2.